The first-order valence-electron chi connectivity index (χ1n) is 9.26. The lowest BCUT2D eigenvalue weighted by Gasteiger charge is -2.04. The van der Waals surface area contributed by atoms with Crippen LogP contribution in [0.25, 0.3) is 11.3 Å². The Morgan fingerprint density at radius 3 is 2.53 bits per heavy atom. The Kier molecular flexibility index (Phi) is 6.80. The highest BCUT2D eigenvalue weighted by atomic mass is 35.5. The van der Waals surface area contributed by atoms with Crippen molar-refractivity contribution in [3.63, 3.8) is 0 Å². The molecular weight excluding hydrogens is 472 g/mol. The maximum Gasteiger partial charge on any atom is 0.343 e. The number of ether oxygens (including phenoxy) is 1. The van der Waals surface area contributed by atoms with Gasteiger partial charge in [-0.3, -0.25) is 5.43 Å². The van der Waals surface area contributed by atoms with Gasteiger partial charge in [0.1, 0.15) is 11.6 Å². The molecule has 5 nitrogen and oxygen atoms in total. The van der Waals surface area contributed by atoms with E-state index in [0.29, 0.717) is 20.9 Å². The van der Waals surface area contributed by atoms with E-state index in [4.69, 9.17) is 27.9 Å². The van der Waals surface area contributed by atoms with E-state index in [1.807, 2.05) is 11.4 Å². The zero-order chi connectivity index (χ0) is 22.5. The quantitative estimate of drug-likeness (QED) is 0.139. The molecule has 0 atom stereocenters. The first-order chi connectivity index (χ1) is 15.5. The van der Waals surface area contributed by atoms with E-state index < -0.39 is 11.8 Å². The van der Waals surface area contributed by atoms with Gasteiger partial charge in [-0.15, -0.1) is 11.3 Å². The Bertz CT molecular complexity index is 1280. The van der Waals surface area contributed by atoms with Crippen LogP contribution in [-0.2, 0) is 0 Å². The minimum absolute atomic E-state index is 0.268. The van der Waals surface area contributed by atoms with Crippen molar-refractivity contribution in [2.45, 2.75) is 0 Å². The van der Waals surface area contributed by atoms with Gasteiger partial charge < -0.3 is 4.74 Å². The molecule has 0 fully saturated rings. The van der Waals surface area contributed by atoms with Crippen molar-refractivity contribution in [2.75, 3.05) is 5.43 Å². The number of nitrogens with zero attached hydrogens (tertiary/aromatic N) is 2. The number of carbonyl (C=O) groups is 1. The number of benzene rings is 3. The smallest absolute Gasteiger partial charge is 0.343 e. The molecule has 0 aliphatic heterocycles. The summed E-state index contributed by atoms with van der Waals surface area (Å²) in [6.07, 6.45) is 1.61. The first kappa shape index (κ1) is 22.0. The fourth-order valence-electron chi connectivity index (χ4n) is 2.68. The van der Waals surface area contributed by atoms with E-state index in [0.717, 1.165) is 16.8 Å². The van der Waals surface area contributed by atoms with Gasteiger partial charge in [0, 0.05) is 16.0 Å². The molecule has 9 heteroatoms. The van der Waals surface area contributed by atoms with Crippen LogP contribution in [0.15, 0.2) is 77.2 Å². The number of carbonyl (C=O) groups excluding carboxylic acids is 1. The Morgan fingerprint density at radius 1 is 1.06 bits per heavy atom. The van der Waals surface area contributed by atoms with Crippen LogP contribution in [0.5, 0.6) is 5.75 Å². The number of halogens is 3. The SMILES string of the molecule is O=C(Oc1ccc(/C=N\Nc2nc(-c3ccc(Cl)cc3Cl)cs2)cc1)c1ccc(F)cc1. The monoisotopic (exact) mass is 485 g/mol. The minimum atomic E-state index is -0.562. The van der Waals surface area contributed by atoms with Crippen LogP contribution in [0, 0.1) is 5.82 Å². The van der Waals surface area contributed by atoms with Crippen LogP contribution in [0.2, 0.25) is 10.0 Å². The zero-order valence-electron chi connectivity index (χ0n) is 16.3. The summed E-state index contributed by atoms with van der Waals surface area (Å²) in [5, 5.41) is 7.74. The van der Waals surface area contributed by atoms with Crippen molar-refractivity contribution in [2.24, 2.45) is 5.10 Å². The molecule has 0 aliphatic rings. The summed E-state index contributed by atoms with van der Waals surface area (Å²) in [5.74, 6) is -0.608. The number of rotatable bonds is 6. The second kappa shape index (κ2) is 9.91. The maximum atomic E-state index is 13.0. The van der Waals surface area contributed by atoms with Crippen LogP contribution in [0.3, 0.4) is 0 Å². The van der Waals surface area contributed by atoms with E-state index >= 15 is 0 Å². The zero-order valence-corrected chi connectivity index (χ0v) is 18.6. The lowest BCUT2D eigenvalue weighted by atomic mass is 10.2. The molecule has 0 aliphatic carbocycles. The molecule has 0 spiro atoms. The van der Waals surface area contributed by atoms with Gasteiger partial charge in [0.25, 0.3) is 0 Å². The highest BCUT2D eigenvalue weighted by molar-refractivity contribution is 7.14. The van der Waals surface area contributed by atoms with Gasteiger partial charge in [-0.25, -0.2) is 14.2 Å². The van der Waals surface area contributed by atoms with Crippen LogP contribution in [0.1, 0.15) is 15.9 Å². The molecule has 0 saturated heterocycles. The van der Waals surface area contributed by atoms with Gasteiger partial charge in [0.15, 0.2) is 0 Å². The van der Waals surface area contributed by atoms with Crippen molar-refractivity contribution < 1.29 is 13.9 Å². The molecule has 4 rings (SSSR count). The molecule has 0 radical (unpaired) electrons. The highest BCUT2D eigenvalue weighted by Gasteiger charge is 2.09. The topological polar surface area (TPSA) is 63.6 Å². The predicted molar refractivity (Wildman–Crippen MR) is 127 cm³/mol. The van der Waals surface area contributed by atoms with E-state index in [2.05, 4.69) is 15.5 Å². The van der Waals surface area contributed by atoms with Crippen molar-refractivity contribution in [1.82, 2.24) is 4.98 Å². The highest BCUT2D eigenvalue weighted by Crippen LogP contribution is 2.32. The summed E-state index contributed by atoms with van der Waals surface area (Å²) >= 11 is 13.6. The van der Waals surface area contributed by atoms with E-state index in [-0.39, 0.29) is 5.56 Å². The average molecular weight is 486 g/mol. The van der Waals surface area contributed by atoms with Crippen molar-refractivity contribution in [1.29, 1.82) is 0 Å². The summed E-state index contributed by atoms with van der Waals surface area (Å²) in [5.41, 5.74) is 5.45. The Balaban J connectivity index is 1.35. The second-order valence-corrected chi connectivity index (χ2v) is 8.20. The summed E-state index contributed by atoms with van der Waals surface area (Å²) in [6.45, 7) is 0. The molecule has 0 unspecified atom stereocenters. The number of hydrogen-bond acceptors (Lipinski definition) is 6. The molecule has 1 heterocycles. The van der Waals surface area contributed by atoms with Gasteiger partial charge in [-0.05, 0) is 72.3 Å². The van der Waals surface area contributed by atoms with Gasteiger partial charge in [-0.2, -0.15) is 5.10 Å². The van der Waals surface area contributed by atoms with Crippen molar-refractivity contribution in [3.05, 3.63) is 99.1 Å². The Hall–Kier alpha value is -3.26. The minimum Gasteiger partial charge on any atom is -0.423 e. The number of nitrogens with one attached hydrogen (secondary N) is 1. The summed E-state index contributed by atoms with van der Waals surface area (Å²) in [4.78, 5) is 16.5. The third-order valence-electron chi connectivity index (χ3n) is 4.26. The number of anilines is 1. The molecule has 3 aromatic carbocycles. The fourth-order valence-corrected chi connectivity index (χ4v) is 3.85. The fraction of sp³-hybridized carbons (Fsp3) is 0. The third kappa shape index (κ3) is 5.50. The Labute approximate surface area is 197 Å². The second-order valence-electron chi connectivity index (χ2n) is 6.50. The van der Waals surface area contributed by atoms with E-state index in [1.165, 1.54) is 35.6 Å². The van der Waals surface area contributed by atoms with Crippen LogP contribution >= 0.6 is 34.5 Å². The number of hydrogen-bond donors (Lipinski definition) is 1. The van der Waals surface area contributed by atoms with Gasteiger partial charge in [-0.1, -0.05) is 23.2 Å². The largest absolute Gasteiger partial charge is 0.423 e. The van der Waals surface area contributed by atoms with Crippen LogP contribution < -0.4 is 10.2 Å². The number of hydrazone groups is 1. The third-order valence-corrected chi connectivity index (χ3v) is 5.55. The van der Waals surface area contributed by atoms with E-state index in [1.54, 1.807) is 42.6 Å². The standard InChI is InChI=1S/C23H14Cl2FN3O2S/c24-16-5-10-19(20(25)11-16)21-13-32-23(28-21)29-27-12-14-1-8-18(9-2-14)31-22(30)15-3-6-17(26)7-4-15/h1-13H,(H,28,29)/b27-12-. The normalized spacial score (nSPS) is 11.0. The number of thiazole rings is 1. The Morgan fingerprint density at radius 2 is 1.81 bits per heavy atom. The van der Waals surface area contributed by atoms with Crippen LogP contribution in [0.4, 0.5) is 9.52 Å². The lowest BCUT2D eigenvalue weighted by Crippen LogP contribution is -2.08. The molecule has 0 amide bonds. The molecule has 1 N–H and O–H groups in total. The van der Waals surface area contributed by atoms with Gasteiger partial charge in [0.05, 0.1) is 22.5 Å². The van der Waals surface area contributed by atoms with Crippen molar-refractivity contribution in [3.8, 4) is 17.0 Å². The molecule has 0 saturated carbocycles. The predicted octanol–water partition coefficient (Wildman–Crippen LogP) is 6.92. The van der Waals surface area contributed by atoms with Gasteiger partial charge >= 0.3 is 5.97 Å². The summed E-state index contributed by atoms with van der Waals surface area (Å²) in [7, 11) is 0. The number of esters is 1. The summed E-state index contributed by atoms with van der Waals surface area (Å²) < 4.78 is 18.2. The average Bonchev–Trinajstić information content (AvgIpc) is 3.24. The molecule has 32 heavy (non-hydrogen) atoms. The maximum absolute atomic E-state index is 13.0. The molecule has 0 bridgehead atoms. The molecule has 4 aromatic rings. The first-order valence-corrected chi connectivity index (χ1v) is 10.9. The van der Waals surface area contributed by atoms with Gasteiger partial charge in [0.2, 0.25) is 5.13 Å². The molecular formula is C23H14Cl2FN3O2S. The summed E-state index contributed by atoms with van der Waals surface area (Å²) in [6, 6.07) is 17.2. The molecule has 160 valence electrons. The molecule has 1 aromatic heterocycles. The lowest BCUT2D eigenvalue weighted by molar-refractivity contribution is 0.0734. The van der Waals surface area contributed by atoms with Crippen molar-refractivity contribution >= 4 is 51.9 Å². The van der Waals surface area contributed by atoms with Crippen LogP contribution in [-0.4, -0.2) is 17.2 Å². The van der Waals surface area contributed by atoms with E-state index in [9.17, 15) is 9.18 Å². The number of aromatic nitrogens is 1.